The van der Waals surface area contributed by atoms with Crippen molar-refractivity contribution in [2.45, 2.75) is 24.3 Å². The van der Waals surface area contributed by atoms with E-state index >= 15 is 0 Å². The van der Waals surface area contributed by atoms with Crippen molar-refractivity contribution in [1.29, 1.82) is 0 Å². The van der Waals surface area contributed by atoms with Gasteiger partial charge < -0.3 is 65.9 Å². The minimum Gasteiger partial charge on any atom is -0.481 e. The van der Waals surface area contributed by atoms with Crippen LogP contribution in [0.1, 0.15) is 5.56 Å². The first-order valence-electron chi connectivity index (χ1n) is 10.5. The summed E-state index contributed by atoms with van der Waals surface area (Å²) in [5.41, 5.74) is 1.24. The van der Waals surface area contributed by atoms with Gasteiger partial charge in [0.05, 0.1) is 5.52 Å². The fraction of sp³-hybridized carbons (Fsp3) is 0.273. The highest BCUT2D eigenvalue weighted by Crippen LogP contribution is 2.36. The van der Waals surface area contributed by atoms with Gasteiger partial charge in [0.2, 0.25) is 0 Å². The summed E-state index contributed by atoms with van der Waals surface area (Å²) in [5.74, 6) is -5.12. The maximum Gasteiger partial charge on any atom is 0.409 e. The van der Waals surface area contributed by atoms with E-state index in [4.69, 9.17) is 46.5 Å². The molecule has 0 unspecified atom stereocenters. The van der Waals surface area contributed by atoms with Crippen LogP contribution in [-0.4, -0.2) is 98.5 Å². The second-order valence-electron chi connectivity index (χ2n) is 7.80. The predicted molar refractivity (Wildman–Crippen MR) is 123 cm³/mol. The van der Waals surface area contributed by atoms with Gasteiger partial charge in [-0.05, 0) is 24.3 Å². The Bertz CT molecular complexity index is 1340. The number of hydrogen-bond donors (Lipinski definition) is 11. The Morgan fingerprint density at radius 3 is 1.87 bits per heavy atom. The SMILES string of the molecule is C#Cc1cccc(Nc2ncnc3cc(OCC(O)(O)OC(O)(O)O)c(OCC(O)(O)OC(O)(O)O)cc23)c1. The third-order valence-corrected chi connectivity index (χ3v) is 4.42. The molecule has 0 aliphatic rings. The number of fused-ring (bicyclic) bond motifs is 1. The Morgan fingerprint density at radius 1 is 0.769 bits per heavy atom. The molecule has 0 aliphatic heterocycles. The van der Waals surface area contributed by atoms with Crippen molar-refractivity contribution < 1.29 is 70.0 Å². The van der Waals surface area contributed by atoms with Gasteiger partial charge in [-0.25, -0.2) is 19.4 Å². The molecule has 3 rings (SSSR count). The number of nitrogens with one attached hydrogen (secondary N) is 1. The lowest BCUT2D eigenvalue weighted by Gasteiger charge is -2.28. The van der Waals surface area contributed by atoms with Gasteiger partial charge in [-0.1, -0.05) is 12.0 Å². The first-order chi connectivity index (χ1) is 18.0. The standard InChI is InChI=1S/C22H23N3O14/c1-2-12-4-3-5-13(6-12)25-18-14-7-16(36-9-19(26,27)38-21(30,31)32)17(8-15(14)23-11-24-18)37-10-20(28,29)39-22(33,34)35/h1,3-8,11,26-35H,9-10H2,(H,23,24,25). The van der Waals surface area contributed by atoms with E-state index in [0.29, 0.717) is 11.3 Å². The molecule has 0 bridgehead atoms. The van der Waals surface area contributed by atoms with Crippen LogP contribution in [-0.2, 0) is 9.47 Å². The number of anilines is 2. The molecule has 39 heavy (non-hydrogen) atoms. The van der Waals surface area contributed by atoms with E-state index < -0.39 is 49.0 Å². The van der Waals surface area contributed by atoms with Gasteiger partial charge in [0.15, 0.2) is 24.7 Å². The number of aromatic nitrogens is 2. The van der Waals surface area contributed by atoms with Crippen LogP contribution in [0, 0.1) is 12.3 Å². The number of rotatable bonds is 12. The molecule has 0 fully saturated rings. The van der Waals surface area contributed by atoms with E-state index in [1.165, 1.54) is 6.07 Å². The average molecular weight is 553 g/mol. The zero-order valence-electron chi connectivity index (χ0n) is 19.5. The van der Waals surface area contributed by atoms with E-state index in [2.05, 4.69) is 30.7 Å². The molecule has 17 heteroatoms. The molecular weight excluding hydrogens is 530 g/mol. The summed E-state index contributed by atoms with van der Waals surface area (Å²) in [6.07, 6.45) is -1.32. The average Bonchev–Trinajstić information content (AvgIpc) is 2.78. The number of ether oxygens (including phenoxy) is 4. The third-order valence-electron chi connectivity index (χ3n) is 4.42. The van der Waals surface area contributed by atoms with Crippen molar-refractivity contribution in [3.05, 3.63) is 48.3 Å². The van der Waals surface area contributed by atoms with E-state index in [9.17, 15) is 20.4 Å². The lowest BCUT2D eigenvalue weighted by Crippen LogP contribution is -2.48. The van der Waals surface area contributed by atoms with Crippen LogP contribution in [0.25, 0.3) is 10.9 Å². The van der Waals surface area contributed by atoms with Gasteiger partial charge >= 0.3 is 24.3 Å². The molecule has 0 saturated carbocycles. The van der Waals surface area contributed by atoms with E-state index in [1.54, 1.807) is 24.3 Å². The van der Waals surface area contributed by atoms with Crippen LogP contribution >= 0.6 is 0 Å². The molecule has 0 amide bonds. The van der Waals surface area contributed by atoms with Crippen LogP contribution in [0.4, 0.5) is 11.5 Å². The molecule has 210 valence electrons. The Kier molecular flexibility index (Phi) is 8.53. The summed E-state index contributed by atoms with van der Waals surface area (Å²) >= 11 is 0. The van der Waals surface area contributed by atoms with Crippen LogP contribution in [0.15, 0.2) is 42.7 Å². The van der Waals surface area contributed by atoms with Crippen molar-refractivity contribution in [3.63, 3.8) is 0 Å². The molecule has 0 atom stereocenters. The summed E-state index contributed by atoms with van der Waals surface area (Å²) in [5, 5.41) is 95.2. The number of hydrogen-bond acceptors (Lipinski definition) is 17. The molecule has 17 nitrogen and oxygen atoms in total. The van der Waals surface area contributed by atoms with Crippen LogP contribution in [0.5, 0.6) is 11.5 Å². The number of aliphatic hydroxyl groups is 10. The minimum atomic E-state index is -3.95. The van der Waals surface area contributed by atoms with Crippen LogP contribution in [0.2, 0.25) is 0 Å². The molecular formula is C22H23N3O14. The van der Waals surface area contributed by atoms with E-state index in [-0.39, 0.29) is 16.7 Å². The predicted octanol–water partition coefficient (Wildman–Crippen LogP) is -3.40. The second kappa shape index (κ2) is 11.2. The van der Waals surface area contributed by atoms with Crippen molar-refractivity contribution in [2.75, 3.05) is 18.5 Å². The Morgan fingerprint density at radius 2 is 1.33 bits per heavy atom. The topological polar surface area (TPSA) is 277 Å². The minimum absolute atomic E-state index is 0.154. The van der Waals surface area contributed by atoms with Crippen molar-refractivity contribution in [1.82, 2.24) is 9.97 Å². The Balaban J connectivity index is 1.99. The third kappa shape index (κ3) is 9.20. The highest BCUT2D eigenvalue weighted by atomic mass is 17.0. The zero-order valence-corrected chi connectivity index (χ0v) is 19.5. The van der Waals surface area contributed by atoms with Gasteiger partial charge in [0.1, 0.15) is 12.1 Å². The molecule has 2 aromatic carbocycles. The molecule has 0 spiro atoms. The molecule has 1 aromatic heterocycles. The summed E-state index contributed by atoms with van der Waals surface area (Å²) in [6, 6.07) is 9.04. The van der Waals surface area contributed by atoms with Crippen molar-refractivity contribution in [2.24, 2.45) is 0 Å². The first kappa shape index (κ1) is 29.8. The maximum atomic E-state index is 9.75. The molecule has 3 aromatic rings. The molecule has 1 heterocycles. The lowest BCUT2D eigenvalue weighted by molar-refractivity contribution is -0.542. The monoisotopic (exact) mass is 553 g/mol. The fourth-order valence-corrected chi connectivity index (χ4v) is 3.05. The van der Waals surface area contributed by atoms with Gasteiger partial charge in [0.25, 0.3) is 0 Å². The van der Waals surface area contributed by atoms with E-state index in [1.807, 2.05) is 0 Å². The van der Waals surface area contributed by atoms with Gasteiger partial charge in [-0.15, -0.1) is 6.42 Å². The number of nitrogens with zero attached hydrogens (tertiary/aromatic N) is 2. The van der Waals surface area contributed by atoms with Crippen molar-refractivity contribution in [3.8, 4) is 23.8 Å². The van der Waals surface area contributed by atoms with E-state index in [0.717, 1.165) is 12.4 Å². The summed E-state index contributed by atoms with van der Waals surface area (Å²) < 4.78 is 18.1. The smallest absolute Gasteiger partial charge is 0.409 e. The van der Waals surface area contributed by atoms with Crippen LogP contribution < -0.4 is 14.8 Å². The summed E-state index contributed by atoms with van der Waals surface area (Å²) in [6.45, 7) is -2.59. The Hall–Kier alpha value is -3.74. The lowest BCUT2D eigenvalue weighted by atomic mass is 10.2. The fourth-order valence-electron chi connectivity index (χ4n) is 3.05. The van der Waals surface area contributed by atoms with Crippen molar-refractivity contribution >= 4 is 22.4 Å². The molecule has 0 radical (unpaired) electrons. The van der Waals surface area contributed by atoms with Gasteiger partial charge in [0, 0.05) is 22.7 Å². The zero-order chi connectivity index (χ0) is 29.1. The van der Waals surface area contributed by atoms with Gasteiger partial charge in [-0.2, -0.15) is 0 Å². The largest absolute Gasteiger partial charge is 0.481 e. The number of terminal acetylenes is 1. The quantitative estimate of drug-likeness (QED) is 0.0770. The normalized spacial score (nSPS) is 12.7. The molecule has 0 saturated heterocycles. The first-order valence-corrected chi connectivity index (χ1v) is 10.5. The summed E-state index contributed by atoms with van der Waals surface area (Å²) in [7, 11) is 0. The number of benzene rings is 2. The maximum absolute atomic E-state index is 9.75. The molecule has 11 N–H and O–H groups in total. The van der Waals surface area contributed by atoms with Gasteiger partial charge in [-0.3, -0.25) is 0 Å². The molecule has 0 aliphatic carbocycles. The summed E-state index contributed by atoms with van der Waals surface area (Å²) in [4.78, 5) is 8.20. The second-order valence-corrected chi connectivity index (χ2v) is 7.80. The Labute approximate surface area is 217 Å². The highest BCUT2D eigenvalue weighted by molar-refractivity contribution is 5.93. The highest BCUT2D eigenvalue weighted by Gasteiger charge is 2.38. The van der Waals surface area contributed by atoms with Crippen LogP contribution in [0.3, 0.4) is 0 Å².